The maximum Gasteiger partial charge on any atom is 0.416 e. The van der Waals surface area contributed by atoms with Crippen LogP contribution in [0, 0.1) is 5.92 Å². The van der Waals surface area contributed by atoms with E-state index < -0.39 is 29.7 Å². The topological polar surface area (TPSA) is 72.6 Å². The molecular weight excluding hydrogens is 505 g/mol. The lowest BCUT2D eigenvalue weighted by Crippen LogP contribution is -2.44. The van der Waals surface area contributed by atoms with Gasteiger partial charge in [0.25, 0.3) is 0 Å². The van der Waals surface area contributed by atoms with Crippen molar-refractivity contribution in [1.29, 1.82) is 0 Å². The van der Waals surface area contributed by atoms with E-state index in [1.165, 1.54) is 12.1 Å². The van der Waals surface area contributed by atoms with Gasteiger partial charge in [-0.15, -0.1) is 0 Å². The molecule has 3 aromatic carbocycles. The Balaban J connectivity index is 1.35. The molecule has 1 aliphatic heterocycles. The number of carbonyl (C=O) groups is 2. The first kappa shape index (κ1) is 26.7. The van der Waals surface area contributed by atoms with Gasteiger partial charge in [-0.2, -0.15) is 13.2 Å². The molecule has 0 fully saturated rings. The number of fused-ring (bicyclic) bond motifs is 1. The van der Waals surface area contributed by atoms with Crippen LogP contribution >= 0.6 is 0 Å². The molecule has 1 aliphatic carbocycles. The van der Waals surface area contributed by atoms with Crippen LogP contribution in [0.5, 0.6) is 5.75 Å². The summed E-state index contributed by atoms with van der Waals surface area (Å²) in [5.41, 5.74) is 7.98. The monoisotopic (exact) mass is 534 g/mol. The quantitative estimate of drug-likeness (QED) is 0.228. The van der Waals surface area contributed by atoms with Crippen molar-refractivity contribution >= 4 is 11.9 Å². The lowest BCUT2D eigenvalue weighted by Gasteiger charge is -2.38. The molecule has 0 bridgehead atoms. The lowest BCUT2D eigenvalue weighted by atomic mass is 9.88. The Bertz CT molecular complexity index is 1400. The summed E-state index contributed by atoms with van der Waals surface area (Å²) in [4.78, 5) is 27.8. The van der Waals surface area contributed by atoms with Crippen molar-refractivity contribution in [2.75, 3.05) is 13.1 Å². The average Bonchev–Trinajstić information content (AvgIpc) is 2.93. The molecule has 0 saturated heterocycles. The zero-order chi connectivity index (χ0) is 27.6. The van der Waals surface area contributed by atoms with Crippen molar-refractivity contribution in [3.63, 3.8) is 0 Å². The van der Waals surface area contributed by atoms with Crippen molar-refractivity contribution in [1.82, 2.24) is 4.90 Å². The Labute approximate surface area is 225 Å². The number of primary amides is 1. The fraction of sp³-hybridized carbons (Fsp3) is 0.290. The number of allylic oxidation sites excluding steroid dienone is 2. The number of hydrogen-bond donors (Lipinski definition) is 1. The largest absolute Gasteiger partial charge is 0.423 e. The highest BCUT2D eigenvalue weighted by molar-refractivity contribution is 5.98. The number of alkyl halides is 3. The molecule has 2 atom stereocenters. The molecule has 0 spiro atoms. The summed E-state index contributed by atoms with van der Waals surface area (Å²) in [6, 6.07) is 16.0. The fourth-order valence-corrected chi connectivity index (χ4v) is 5.52. The summed E-state index contributed by atoms with van der Waals surface area (Å²) >= 11 is 0. The molecule has 8 heteroatoms. The lowest BCUT2D eigenvalue weighted by molar-refractivity contribution is -0.137. The minimum atomic E-state index is -4.44. The second-order valence-corrected chi connectivity index (χ2v) is 10.1. The van der Waals surface area contributed by atoms with E-state index in [0.717, 1.165) is 49.1 Å². The summed E-state index contributed by atoms with van der Waals surface area (Å²) in [5.74, 6) is -0.212. The number of nitrogens with two attached hydrogens (primary N) is 1. The van der Waals surface area contributed by atoms with Crippen LogP contribution in [0.4, 0.5) is 13.2 Å². The molecule has 1 amide bonds. The van der Waals surface area contributed by atoms with E-state index in [9.17, 15) is 22.8 Å². The van der Waals surface area contributed by atoms with Crippen LogP contribution in [-0.2, 0) is 17.4 Å². The summed E-state index contributed by atoms with van der Waals surface area (Å²) in [6.07, 6.45) is 3.77. The third kappa shape index (κ3) is 5.91. The number of halogens is 3. The van der Waals surface area contributed by atoms with Gasteiger partial charge in [-0.1, -0.05) is 48.6 Å². The number of carbonyl (C=O) groups excluding carboxylic acids is 2. The molecule has 5 rings (SSSR count). The van der Waals surface area contributed by atoms with Gasteiger partial charge in [0.1, 0.15) is 11.8 Å². The highest BCUT2D eigenvalue weighted by atomic mass is 19.4. The number of ether oxygens (including phenoxy) is 1. The molecular formula is C31H29F3N2O3. The zero-order valence-corrected chi connectivity index (χ0v) is 21.3. The number of rotatable bonds is 6. The van der Waals surface area contributed by atoms with Gasteiger partial charge in [0.05, 0.1) is 11.1 Å². The maximum atomic E-state index is 13.2. The third-order valence-electron chi connectivity index (χ3n) is 7.46. The Morgan fingerprint density at radius 1 is 1.00 bits per heavy atom. The van der Waals surface area contributed by atoms with Gasteiger partial charge in [-0.25, -0.2) is 4.79 Å². The summed E-state index contributed by atoms with van der Waals surface area (Å²) in [6.45, 7) is 1.48. The molecule has 0 radical (unpaired) electrons. The molecule has 2 unspecified atom stereocenters. The Morgan fingerprint density at radius 2 is 1.77 bits per heavy atom. The minimum absolute atomic E-state index is 0.234. The molecule has 39 heavy (non-hydrogen) atoms. The summed E-state index contributed by atoms with van der Waals surface area (Å²) in [7, 11) is 0. The first-order valence-electron chi connectivity index (χ1n) is 13.0. The van der Waals surface area contributed by atoms with Crippen LogP contribution in [0.3, 0.4) is 0 Å². The van der Waals surface area contributed by atoms with Crippen LogP contribution < -0.4 is 10.5 Å². The Kier molecular flexibility index (Phi) is 7.57. The molecule has 1 heterocycles. The number of nitrogens with zero attached hydrogens (tertiary/aromatic N) is 1. The van der Waals surface area contributed by atoms with Gasteiger partial charge in [0, 0.05) is 13.1 Å². The summed E-state index contributed by atoms with van der Waals surface area (Å²) < 4.78 is 44.6. The predicted molar refractivity (Wildman–Crippen MR) is 142 cm³/mol. The van der Waals surface area contributed by atoms with Gasteiger partial charge in [-0.05, 0) is 84.2 Å². The van der Waals surface area contributed by atoms with Crippen molar-refractivity contribution in [2.24, 2.45) is 11.7 Å². The predicted octanol–water partition coefficient (Wildman–Crippen LogP) is 6.33. The third-order valence-corrected chi connectivity index (χ3v) is 7.46. The van der Waals surface area contributed by atoms with Gasteiger partial charge >= 0.3 is 12.1 Å². The van der Waals surface area contributed by atoms with Crippen LogP contribution in [0.15, 0.2) is 78.9 Å². The average molecular weight is 535 g/mol. The SMILES string of the molecule is NC(=O)C1c2ccc(OC(=O)c3ccccc3-c3ccc(C(F)(F)F)cc3)cc2CCN1CC1CC=CCC1. The van der Waals surface area contributed by atoms with Crippen LogP contribution in [0.1, 0.15) is 52.4 Å². The van der Waals surface area contributed by atoms with E-state index in [1.54, 1.807) is 42.5 Å². The Morgan fingerprint density at radius 3 is 2.46 bits per heavy atom. The molecule has 0 saturated carbocycles. The number of hydrogen-bond acceptors (Lipinski definition) is 4. The minimum Gasteiger partial charge on any atom is -0.423 e. The van der Waals surface area contributed by atoms with Crippen molar-refractivity contribution in [3.8, 4) is 16.9 Å². The second-order valence-electron chi connectivity index (χ2n) is 10.1. The number of esters is 1. The van der Waals surface area contributed by atoms with Gasteiger partial charge in [0.15, 0.2) is 0 Å². The van der Waals surface area contributed by atoms with Crippen LogP contribution in [-0.4, -0.2) is 29.9 Å². The van der Waals surface area contributed by atoms with Crippen molar-refractivity contribution in [2.45, 2.75) is 37.9 Å². The first-order valence-corrected chi connectivity index (χ1v) is 13.0. The summed E-state index contributed by atoms with van der Waals surface area (Å²) in [5, 5.41) is 0. The smallest absolute Gasteiger partial charge is 0.416 e. The molecule has 3 aromatic rings. The molecule has 202 valence electrons. The van der Waals surface area contributed by atoms with Crippen LogP contribution in [0.25, 0.3) is 11.1 Å². The highest BCUT2D eigenvalue weighted by Gasteiger charge is 2.33. The van der Waals surface area contributed by atoms with E-state index in [0.29, 0.717) is 35.8 Å². The first-order chi connectivity index (χ1) is 18.7. The second kappa shape index (κ2) is 11.1. The van der Waals surface area contributed by atoms with E-state index >= 15 is 0 Å². The Hall–Kier alpha value is -3.91. The highest BCUT2D eigenvalue weighted by Crippen LogP contribution is 2.35. The van der Waals surface area contributed by atoms with E-state index in [-0.39, 0.29) is 5.56 Å². The number of benzene rings is 3. The van der Waals surface area contributed by atoms with E-state index in [2.05, 4.69) is 17.1 Å². The normalized spacial score (nSPS) is 19.4. The van der Waals surface area contributed by atoms with Gasteiger partial charge < -0.3 is 10.5 Å². The molecule has 2 aliphatic rings. The maximum absolute atomic E-state index is 13.2. The van der Waals surface area contributed by atoms with Gasteiger partial charge in [0.2, 0.25) is 5.91 Å². The molecule has 2 N–H and O–H groups in total. The van der Waals surface area contributed by atoms with Crippen molar-refractivity contribution in [3.05, 3.63) is 101 Å². The standard InChI is InChI=1S/C31H29F3N2O3/c32-31(33,34)23-12-10-21(11-13-23)25-8-4-5-9-27(25)30(38)39-24-14-15-26-22(18-24)16-17-36(28(26)29(35)37)19-20-6-2-1-3-7-20/h1-2,4-5,8-15,18,20,28H,3,6-7,16-17,19H2,(H2,35,37). The molecule has 0 aromatic heterocycles. The van der Waals surface area contributed by atoms with E-state index in [1.807, 2.05) is 0 Å². The zero-order valence-electron chi connectivity index (χ0n) is 21.3. The fourth-order valence-electron chi connectivity index (χ4n) is 5.52. The number of amides is 1. The van der Waals surface area contributed by atoms with Crippen molar-refractivity contribution < 1.29 is 27.5 Å². The van der Waals surface area contributed by atoms with E-state index in [4.69, 9.17) is 10.5 Å². The molecule has 5 nitrogen and oxygen atoms in total. The van der Waals surface area contributed by atoms with Crippen LogP contribution in [0.2, 0.25) is 0 Å². The van der Waals surface area contributed by atoms with Gasteiger partial charge in [-0.3, -0.25) is 9.69 Å².